The average Bonchev–Trinajstić information content (AvgIpc) is 3.46. The number of β-amino-alcohol motifs (C(OH)–C–C–N with tert-alkyl or cyclic N) is 1. The minimum absolute atomic E-state index is 0.00477. The number of methoxy groups -OCH3 is 1. The van der Waals surface area contributed by atoms with Gasteiger partial charge in [-0.2, -0.15) is 0 Å². The van der Waals surface area contributed by atoms with E-state index in [-0.39, 0.29) is 12.1 Å². The number of hydrogen-bond donors (Lipinski definition) is 2. The van der Waals surface area contributed by atoms with Crippen LogP contribution in [0.5, 0.6) is 11.5 Å². The second kappa shape index (κ2) is 9.01. The lowest BCUT2D eigenvalue weighted by Gasteiger charge is -2.46. The number of aromatic amines is 1. The van der Waals surface area contributed by atoms with Crippen LogP contribution in [0.4, 0.5) is 0 Å². The molecule has 0 bridgehead atoms. The lowest BCUT2D eigenvalue weighted by molar-refractivity contribution is 0.00396. The first-order chi connectivity index (χ1) is 15.9. The maximum Gasteiger partial charge on any atom is 0.128 e. The molecule has 33 heavy (non-hydrogen) atoms. The van der Waals surface area contributed by atoms with Gasteiger partial charge in [-0.05, 0) is 75.5 Å². The standard InChI is InChI=1S/C27H32N2O3S/c1-27(2)15-18(26-14-21-23(31-3)7-5-9-25(21)33-26)11-13-29(27)16-19(30)17-32-24-8-4-6-22-20(24)10-12-28-22/h4-10,12,14,18-19,28,30H,11,13,15-17H2,1-3H3/t18?,19-/m0/s1. The smallest absolute Gasteiger partial charge is 0.128 e. The van der Waals surface area contributed by atoms with Crippen molar-refractivity contribution in [3.05, 3.63) is 59.6 Å². The number of H-pyrrole nitrogens is 1. The number of aliphatic hydroxyl groups excluding tert-OH is 1. The normalized spacial score (nSPS) is 19.7. The number of thiophene rings is 1. The Morgan fingerprint density at radius 2 is 1.97 bits per heavy atom. The van der Waals surface area contributed by atoms with E-state index in [4.69, 9.17) is 9.47 Å². The van der Waals surface area contributed by atoms with E-state index < -0.39 is 6.10 Å². The van der Waals surface area contributed by atoms with E-state index in [9.17, 15) is 5.11 Å². The number of fused-ring (bicyclic) bond motifs is 2. The molecule has 1 unspecified atom stereocenters. The van der Waals surface area contributed by atoms with Gasteiger partial charge in [0.1, 0.15) is 24.2 Å². The Morgan fingerprint density at radius 3 is 2.79 bits per heavy atom. The largest absolute Gasteiger partial charge is 0.496 e. The zero-order valence-electron chi connectivity index (χ0n) is 19.5. The Morgan fingerprint density at radius 1 is 1.15 bits per heavy atom. The second-order valence-electron chi connectivity index (χ2n) is 9.63. The topological polar surface area (TPSA) is 57.7 Å². The van der Waals surface area contributed by atoms with Gasteiger partial charge in [-0.3, -0.25) is 4.90 Å². The van der Waals surface area contributed by atoms with E-state index in [1.807, 2.05) is 47.9 Å². The van der Waals surface area contributed by atoms with Crippen LogP contribution in [-0.4, -0.2) is 53.4 Å². The minimum Gasteiger partial charge on any atom is -0.496 e. The molecule has 0 spiro atoms. The first kappa shape index (κ1) is 22.3. The fourth-order valence-electron chi connectivity index (χ4n) is 5.14. The molecule has 6 heteroatoms. The molecule has 0 amide bonds. The van der Waals surface area contributed by atoms with Gasteiger partial charge >= 0.3 is 0 Å². The summed E-state index contributed by atoms with van der Waals surface area (Å²) in [7, 11) is 1.74. The van der Waals surface area contributed by atoms with E-state index >= 15 is 0 Å². The third kappa shape index (κ3) is 4.47. The van der Waals surface area contributed by atoms with Gasteiger partial charge in [0, 0.05) is 44.1 Å². The summed E-state index contributed by atoms with van der Waals surface area (Å²) in [6.45, 7) is 6.45. The van der Waals surface area contributed by atoms with Crippen molar-refractivity contribution in [1.29, 1.82) is 0 Å². The molecule has 3 heterocycles. The Bertz CT molecular complexity index is 1240. The SMILES string of the molecule is COc1cccc2sc(C3CCN(C[C@H](O)COc4cccc5[nH]ccc45)C(C)(C)C3)cc12. The van der Waals surface area contributed by atoms with Crippen molar-refractivity contribution in [2.24, 2.45) is 0 Å². The van der Waals surface area contributed by atoms with Crippen LogP contribution in [0.15, 0.2) is 54.7 Å². The number of rotatable bonds is 7. The van der Waals surface area contributed by atoms with Crippen LogP contribution in [0.1, 0.15) is 37.5 Å². The molecule has 0 aliphatic carbocycles. The molecule has 5 rings (SSSR count). The first-order valence-corrected chi connectivity index (χ1v) is 12.4. The van der Waals surface area contributed by atoms with Gasteiger partial charge in [0.15, 0.2) is 0 Å². The number of likely N-dealkylation sites (tertiary alicyclic amines) is 1. The molecule has 0 saturated carbocycles. The Labute approximate surface area is 198 Å². The number of hydrogen-bond acceptors (Lipinski definition) is 5. The highest BCUT2D eigenvalue weighted by Crippen LogP contribution is 2.43. The van der Waals surface area contributed by atoms with Crippen LogP contribution in [-0.2, 0) is 0 Å². The number of ether oxygens (including phenoxy) is 2. The number of aliphatic hydroxyl groups is 1. The number of benzene rings is 2. The van der Waals surface area contributed by atoms with Crippen LogP contribution < -0.4 is 9.47 Å². The van der Waals surface area contributed by atoms with E-state index in [0.717, 1.165) is 41.8 Å². The van der Waals surface area contributed by atoms with Gasteiger partial charge in [0.05, 0.1) is 7.11 Å². The number of aromatic nitrogens is 1. The minimum atomic E-state index is -0.538. The number of nitrogens with zero attached hydrogens (tertiary/aromatic N) is 1. The summed E-state index contributed by atoms with van der Waals surface area (Å²) >= 11 is 1.89. The van der Waals surface area contributed by atoms with E-state index in [1.165, 1.54) is 15.0 Å². The Kier molecular flexibility index (Phi) is 6.08. The molecule has 1 aliphatic heterocycles. The maximum atomic E-state index is 10.8. The van der Waals surface area contributed by atoms with Crippen molar-refractivity contribution in [3.63, 3.8) is 0 Å². The van der Waals surface area contributed by atoms with E-state index in [0.29, 0.717) is 12.5 Å². The zero-order valence-corrected chi connectivity index (χ0v) is 20.3. The highest BCUT2D eigenvalue weighted by atomic mass is 32.1. The van der Waals surface area contributed by atoms with Crippen LogP contribution in [0.25, 0.3) is 21.0 Å². The predicted molar refractivity (Wildman–Crippen MR) is 136 cm³/mol. The summed E-state index contributed by atoms with van der Waals surface area (Å²) in [6, 6.07) is 16.6. The number of piperidine rings is 1. The molecule has 4 aromatic rings. The molecule has 0 radical (unpaired) electrons. The summed E-state index contributed by atoms with van der Waals surface area (Å²) in [6.07, 6.45) is 3.53. The molecule has 1 fully saturated rings. The van der Waals surface area contributed by atoms with Crippen LogP contribution in [0.3, 0.4) is 0 Å². The maximum absolute atomic E-state index is 10.8. The molecule has 1 saturated heterocycles. The Hall–Kier alpha value is -2.54. The molecule has 5 nitrogen and oxygen atoms in total. The average molecular weight is 465 g/mol. The van der Waals surface area contributed by atoms with Gasteiger partial charge in [0.2, 0.25) is 0 Å². The molecule has 174 valence electrons. The highest BCUT2D eigenvalue weighted by Gasteiger charge is 2.36. The van der Waals surface area contributed by atoms with Crippen LogP contribution in [0.2, 0.25) is 0 Å². The highest BCUT2D eigenvalue weighted by molar-refractivity contribution is 7.19. The summed E-state index contributed by atoms with van der Waals surface area (Å²) in [5, 5.41) is 13.0. The van der Waals surface area contributed by atoms with Crippen molar-refractivity contribution < 1.29 is 14.6 Å². The third-order valence-electron chi connectivity index (χ3n) is 6.93. The quantitative estimate of drug-likeness (QED) is 0.364. The second-order valence-corrected chi connectivity index (χ2v) is 10.7. The molecule has 1 aliphatic rings. The predicted octanol–water partition coefficient (Wildman–Crippen LogP) is 5.79. The zero-order chi connectivity index (χ0) is 23.0. The van der Waals surface area contributed by atoms with Crippen molar-refractivity contribution in [3.8, 4) is 11.5 Å². The van der Waals surface area contributed by atoms with Gasteiger partial charge in [0.25, 0.3) is 0 Å². The lowest BCUT2D eigenvalue weighted by atomic mass is 9.81. The van der Waals surface area contributed by atoms with Gasteiger partial charge in [-0.1, -0.05) is 12.1 Å². The van der Waals surface area contributed by atoms with Crippen molar-refractivity contribution in [1.82, 2.24) is 9.88 Å². The van der Waals surface area contributed by atoms with Gasteiger partial charge < -0.3 is 19.6 Å². The molecule has 2 atom stereocenters. The Balaban J connectivity index is 1.22. The van der Waals surface area contributed by atoms with Gasteiger partial charge in [-0.25, -0.2) is 0 Å². The molecular weight excluding hydrogens is 432 g/mol. The van der Waals surface area contributed by atoms with Crippen molar-refractivity contribution in [2.45, 2.75) is 44.2 Å². The summed E-state index contributed by atoms with van der Waals surface area (Å²) in [5.41, 5.74) is 1.05. The molecular formula is C27H32N2O3S. The van der Waals surface area contributed by atoms with Crippen LogP contribution in [0, 0.1) is 0 Å². The third-order valence-corrected chi connectivity index (χ3v) is 8.19. The van der Waals surface area contributed by atoms with E-state index in [2.05, 4.69) is 41.9 Å². The molecule has 2 aromatic heterocycles. The molecule has 2 aromatic carbocycles. The lowest BCUT2D eigenvalue weighted by Crippen LogP contribution is -2.52. The first-order valence-electron chi connectivity index (χ1n) is 11.6. The summed E-state index contributed by atoms with van der Waals surface area (Å²) < 4.78 is 12.8. The molecule has 2 N–H and O–H groups in total. The van der Waals surface area contributed by atoms with E-state index in [1.54, 1.807) is 7.11 Å². The van der Waals surface area contributed by atoms with Crippen molar-refractivity contribution >= 4 is 32.3 Å². The van der Waals surface area contributed by atoms with Crippen molar-refractivity contribution in [2.75, 3.05) is 26.8 Å². The monoisotopic (exact) mass is 464 g/mol. The summed E-state index contributed by atoms with van der Waals surface area (Å²) in [5.74, 6) is 2.29. The van der Waals surface area contributed by atoms with Crippen LogP contribution >= 0.6 is 11.3 Å². The fraction of sp³-hybridized carbons (Fsp3) is 0.407. The fourth-order valence-corrected chi connectivity index (χ4v) is 6.35. The summed E-state index contributed by atoms with van der Waals surface area (Å²) in [4.78, 5) is 7.05. The van der Waals surface area contributed by atoms with Gasteiger partial charge in [-0.15, -0.1) is 11.3 Å². The number of nitrogens with one attached hydrogen (secondary N) is 1.